The lowest BCUT2D eigenvalue weighted by Crippen LogP contribution is -2.07. The number of benzene rings is 1. The van der Waals surface area contributed by atoms with Crippen LogP contribution in [0.1, 0.15) is 12.5 Å². The molecule has 0 unspecified atom stereocenters. The second kappa shape index (κ2) is 5.40. The first kappa shape index (κ1) is 12.2. The molecule has 0 amide bonds. The molecule has 0 atom stereocenters. The predicted octanol–water partition coefficient (Wildman–Crippen LogP) is 2.42. The number of ether oxygens (including phenoxy) is 1. The summed E-state index contributed by atoms with van der Waals surface area (Å²) in [5.74, 6) is 1.12. The molecule has 0 saturated heterocycles. The minimum Gasteiger partial charge on any atom is -0.483 e. The van der Waals surface area contributed by atoms with E-state index in [1.165, 1.54) is 6.92 Å². The van der Waals surface area contributed by atoms with Crippen molar-refractivity contribution in [2.75, 3.05) is 6.61 Å². The molecule has 0 N–H and O–H groups in total. The first-order valence-electron chi connectivity index (χ1n) is 5.66. The van der Waals surface area contributed by atoms with Crippen molar-refractivity contribution in [3.05, 3.63) is 42.2 Å². The molecule has 0 aliphatic carbocycles. The van der Waals surface area contributed by atoms with Gasteiger partial charge in [-0.2, -0.15) is 0 Å². The third-order valence-electron chi connectivity index (χ3n) is 2.35. The lowest BCUT2D eigenvalue weighted by Gasteiger charge is -2.04. The Kier molecular flexibility index (Phi) is 3.67. The molecule has 4 heteroatoms. The highest BCUT2D eigenvalue weighted by Gasteiger charge is 2.02. The molecule has 0 spiro atoms. The first-order chi connectivity index (χ1) is 8.65. The Labute approximate surface area is 106 Å². The SMILES string of the molecule is CC(=O)COc1cnc(-c2cccc(C)c2)nc1. The number of carbonyl (C=O) groups is 1. The molecule has 0 aliphatic heterocycles. The molecule has 1 aromatic heterocycles. The summed E-state index contributed by atoms with van der Waals surface area (Å²) < 4.78 is 5.21. The fraction of sp³-hybridized carbons (Fsp3) is 0.214. The lowest BCUT2D eigenvalue weighted by atomic mass is 10.1. The summed E-state index contributed by atoms with van der Waals surface area (Å²) >= 11 is 0. The molecule has 0 bridgehead atoms. The highest BCUT2D eigenvalue weighted by molar-refractivity contribution is 5.77. The fourth-order valence-electron chi connectivity index (χ4n) is 1.51. The van der Waals surface area contributed by atoms with Gasteiger partial charge in [0.2, 0.25) is 0 Å². The van der Waals surface area contributed by atoms with E-state index in [0.717, 1.165) is 11.1 Å². The molecule has 0 aliphatic rings. The zero-order valence-electron chi connectivity index (χ0n) is 10.4. The topological polar surface area (TPSA) is 52.1 Å². The van der Waals surface area contributed by atoms with Gasteiger partial charge in [0.1, 0.15) is 6.61 Å². The number of Topliss-reactive ketones (excluding diaryl/α,β-unsaturated/α-hetero) is 1. The van der Waals surface area contributed by atoms with Crippen LogP contribution in [0.3, 0.4) is 0 Å². The van der Waals surface area contributed by atoms with Gasteiger partial charge < -0.3 is 4.74 Å². The Morgan fingerprint density at radius 2 is 2.00 bits per heavy atom. The van der Waals surface area contributed by atoms with Gasteiger partial charge in [0.15, 0.2) is 17.4 Å². The van der Waals surface area contributed by atoms with E-state index >= 15 is 0 Å². The number of hydrogen-bond donors (Lipinski definition) is 0. The van der Waals surface area contributed by atoms with Gasteiger partial charge in [-0.05, 0) is 19.9 Å². The zero-order valence-corrected chi connectivity index (χ0v) is 10.4. The van der Waals surface area contributed by atoms with E-state index in [1.54, 1.807) is 12.4 Å². The van der Waals surface area contributed by atoms with Crippen LogP contribution in [0, 0.1) is 6.92 Å². The van der Waals surface area contributed by atoms with Crippen molar-refractivity contribution in [3.63, 3.8) is 0 Å². The average molecular weight is 242 g/mol. The van der Waals surface area contributed by atoms with Crippen molar-refractivity contribution in [3.8, 4) is 17.1 Å². The van der Waals surface area contributed by atoms with Crippen molar-refractivity contribution in [1.29, 1.82) is 0 Å². The Balaban J connectivity index is 2.14. The Bertz CT molecular complexity index is 550. The zero-order chi connectivity index (χ0) is 13.0. The van der Waals surface area contributed by atoms with E-state index in [-0.39, 0.29) is 12.4 Å². The summed E-state index contributed by atoms with van der Waals surface area (Å²) in [6, 6.07) is 7.96. The predicted molar refractivity (Wildman–Crippen MR) is 68.4 cm³/mol. The standard InChI is InChI=1S/C14H14N2O2/c1-10-4-3-5-12(6-10)14-15-7-13(8-16-14)18-9-11(2)17/h3-8H,9H2,1-2H3. The third-order valence-corrected chi connectivity index (χ3v) is 2.35. The number of ketones is 1. The van der Waals surface area contributed by atoms with E-state index in [2.05, 4.69) is 9.97 Å². The van der Waals surface area contributed by atoms with Gasteiger partial charge in [0.25, 0.3) is 0 Å². The maximum atomic E-state index is 10.8. The normalized spacial score (nSPS) is 10.1. The molecular formula is C14H14N2O2. The van der Waals surface area contributed by atoms with Crippen LogP contribution in [0.15, 0.2) is 36.7 Å². The first-order valence-corrected chi connectivity index (χ1v) is 5.66. The molecule has 0 radical (unpaired) electrons. The number of aryl methyl sites for hydroxylation is 1. The number of rotatable bonds is 4. The van der Waals surface area contributed by atoms with Crippen LogP contribution >= 0.6 is 0 Å². The van der Waals surface area contributed by atoms with Crippen LogP contribution in [0.4, 0.5) is 0 Å². The Morgan fingerprint density at radius 3 is 2.61 bits per heavy atom. The van der Waals surface area contributed by atoms with Gasteiger partial charge in [-0.1, -0.05) is 23.8 Å². The molecular weight excluding hydrogens is 228 g/mol. The minimum atomic E-state index is -0.0299. The molecule has 0 fully saturated rings. The van der Waals surface area contributed by atoms with Crippen molar-refractivity contribution in [2.24, 2.45) is 0 Å². The van der Waals surface area contributed by atoms with Crippen LogP contribution < -0.4 is 4.74 Å². The van der Waals surface area contributed by atoms with Gasteiger partial charge in [-0.15, -0.1) is 0 Å². The largest absolute Gasteiger partial charge is 0.483 e. The summed E-state index contributed by atoms with van der Waals surface area (Å²) in [6.45, 7) is 3.54. The van der Waals surface area contributed by atoms with E-state index in [0.29, 0.717) is 11.6 Å². The van der Waals surface area contributed by atoms with Crippen molar-refractivity contribution in [2.45, 2.75) is 13.8 Å². The highest BCUT2D eigenvalue weighted by atomic mass is 16.5. The molecule has 4 nitrogen and oxygen atoms in total. The highest BCUT2D eigenvalue weighted by Crippen LogP contribution is 2.17. The number of aromatic nitrogens is 2. The van der Waals surface area contributed by atoms with Crippen LogP contribution in [0.2, 0.25) is 0 Å². The minimum absolute atomic E-state index is 0.0299. The van der Waals surface area contributed by atoms with E-state index in [9.17, 15) is 4.79 Å². The monoisotopic (exact) mass is 242 g/mol. The summed E-state index contributed by atoms with van der Waals surface area (Å²) in [7, 11) is 0. The van der Waals surface area contributed by atoms with E-state index in [4.69, 9.17) is 4.74 Å². The van der Waals surface area contributed by atoms with Crippen molar-refractivity contribution >= 4 is 5.78 Å². The van der Waals surface area contributed by atoms with Crippen LogP contribution in [-0.2, 0) is 4.79 Å². The maximum absolute atomic E-state index is 10.8. The molecule has 2 rings (SSSR count). The quantitative estimate of drug-likeness (QED) is 0.826. The molecule has 92 valence electrons. The maximum Gasteiger partial charge on any atom is 0.167 e. The number of carbonyl (C=O) groups excluding carboxylic acids is 1. The molecule has 0 saturated carbocycles. The fourth-order valence-corrected chi connectivity index (χ4v) is 1.51. The summed E-state index contributed by atoms with van der Waals surface area (Å²) in [6.07, 6.45) is 3.15. The second-order valence-electron chi connectivity index (χ2n) is 4.10. The van der Waals surface area contributed by atoms with Gasteiger partial charge in [-0.3, -0.25) is 4.79 Å². The Hall–Kier alpha value is -2.23. The average Bonchev–Trinajstić information content (AvgIpc) is 2.37. The van der Waals surface area contributed by atoms with Gasteiger partial charge in [0, 0.05) is 5.56 Å². The molecule has 18 heavy (non-hydrogen) atoms. The second-order valence-corrected chi connectivity index (χ2v) is 4.10. The van der Waals surface area contributed by atoms with Gasteiger partial charge in [0.05, 0.1) is 12.4 Å². The molecule has 1 heterocycles. The number of nitrogens with zero attached hydrogens (tertiary/aromatic N) is 2. The third kappa shape index (κ3) is 3.13. The van der Waals surface area contributed by atoms with E-state index in [1.807, 2.05) is 31.2 Å². The molecule has 2 aromatic rings. The summed E-state index contributed by atoms with van der Waals surface area (Å²) in [5, 5.41) is 0. The lowest BCUT2D eigenvalue weighted by molar-refractivity contribution is -0.118. The van der Waals surface area contributed by atoms with Crippen molar-refractivity contribution < 1.29 is 9.53 Å². The van der Waals surface area contributed by atoms with Crippen LogP contribution in [0.5, 0.6) is 5.75 Å². The summed E-state index contributed by atoms with van der Waals surface area (Å²) in [4.78, 5) is 19.2. The van der Waals surface area contributed by atoms with Crippen LogP contribution in [-0.4, -0.2) is 22.4 Å². The van der Waals surface area contributed by atoms with Gasteiger partial charge >= 0.3 is 0 Å². The van der Waals surface area contributed by atoms with Crippen molar-refractivity contribution in [1.82, 2.24) is 9.97 Å². The smallest absolute Gasteiger partial charge is 0.167 e. The molecule has 1 aromatic carbocycles. The van der Waals surface area contributed by atoms with Crippen LogP contribution in [0.25, 0.3) is 11.4 Å². The van der Waals surface area contributed by atoms with Gasteiger partial charge in [-0.25, -0.2) is 9.97 Å². The Morgan fingerprint density at radius 1 is 1.28 bits per heavy atom. The van der Waals surface area contributed by atoms with E-state index < -0.39 is 0 Å². The summed E-state index contributed by atoms with van der Waals surface area (Å²) in [5.41, 5.74) is 2.13. The number of hydrogen-bond acceptors (Lipinski definition) is 4.